The first-order valence-corrected chi connectivity index (χ1v) is 10.5. The van der Waals surface area contributed by atoms with Crippen LogP contribution in [0.15, 0.2) is 36.4 Å². The molecule has 2 aromatic rings. The Bertz CT molecular complexity index is 1060. The van der Waals surface area contributed by atoms with Gasteiger partial charge in [0.25, 0.3) is 11.8 Å². The van der Waals surface area contributed by atoms with Gasteiger partial charge in [0, 0.05) is 31.7 Å². The number of carbonyl (C=O) groups excluding carboxylic acids is 2. The maximum absolute atomic E-state index is 14.4. The molecule has 0 spiro atoms. The lowest BCUT2D eigenvalue weighted by Crippen LogP contribution is -2.50. The lowest BCUT2D eigenvalue weighted by Gasteiger charge is -2.35. The number of amides is 2. The van der Waals surface area contributed by atoms with Crippen molar-refractivity contribution in [3.05, 3.63) is 53.3 Å². The SMILES string of the molecule is COc1cc(C(=O)N2CCN(C(=O)c3cccc(OC)c3F)CC2)ccc1N[SH](=O)=O. The van der Waals surface area contributed by atoms with Crippen LogP contribution in [0.2, 0.25) is 0 Å². The summed E-state index contributed by atoms with van der Waals surface area (Å²) in [4.78, 5) is 28.6. The number of nitrogens with one attached hydrogen (secondary N) is 1. The van der Waals surface area contributed by atoms with E-state index in [0.717, 1.165) is 0 Å². The molecule has 1 aliphatic rings. The van der Waals surface area contributed by atoms with Crippen LogP contribution in [0.3, 0.4) is 0 Å². The fourth-order valence-electron chi connectivity index (χ4n) is 3.31. The van der Waals surface area contributed by atoms with E-state index in [9.17, 15) is 22.4 Å². The van der Waals surface area contributed by atoms with Gasteiger partial charge >= 0.3 is 0 Å². The van der Waals surface area contributed by atoms with Crippen molar-refractivity contribution >= 4 is 28.4 Å². The standard InChI is InChI=1S/C20H22FN3O6S/c1-29-16-5-3-4-14(18(16)21)20(26)24-10-8-23(9-11-24)19(25)13-6-7-15(22-31(27)28)17(12-13)30-2/h3-7,12,31H,8-11H2,1-2H3,(H,22,27,28). The quantitative estimate of drug-likeness (QED) is 0.643. The molecule has 2 amide bonds. The number of thiol groups is 1. The largest absolute Gasteiger partial charge is 0.495 e. The molecule has 3 rings (SSSR count). The third-order valence-electron chi connectivity index (χ3n) is 4.93. The predicted octanol–water partition coefficient (Wildman–Crippen LogP) is 1.38. The van der Waals surface area contributed by atoms with Gasteiger partial charge in [-0.3, -0.25) is 14.3 Å². The van der Waals surface area contributed by atoms with Crippen LogP contribution >= 0.6 is 0 Å². The van der Waals surface area contributed by atoms with E-state index < -0.39 is 22.6 Å². The number of benzene rings is 2. The number of ether oxygens (including phenoxy) is 2. The molecular weight excluding hydrogens is 429 g/mol. The van der Waals surface area contributed by atoms with Crippen LogP contribution in [0, 0.1) is 5.82 Å². The fraction of sp³-hybridized carbons (Fsp3) is 0.300. The summed E-state index contributed by atoms with van der Waals surface area (Å²) < 4.78 is 48.5. The van der Waals surface area contributed by atoms with Crippen LogP contribution in [0.5, 0.6) is 11.5 Å². The highest BCUT2D eigenvalue weighted by Crippen LogP contribution is 2.27. The average molecular weight is 451 g/mol. The number of rotatable bonds is 6. The lowest BCUT2D eigenvalue weighted by molar-refractivity contribution is 0.0532. The predicted molar refractivity (Wildman–Crippen MR) is 112 cm³/mol. The molecule has 9 nitrogen and oxygen atoms in total. The molecule has 0 atom stereocenters. The number of hydrogen-bond donors (Lipinski definition) is 2. The normalized spacial score (nSPS) is 13.8. The zero-order valence-corrected chi connectivity index (χ0v) is 17.9. The molecule has 1 fully saturated rings. The smallest absolute Gasteiger partial charge is 0.257 e. The van der Waals surface area contributed by atoms with Crippen molar-refractivity contribution in [2.24, 2.45) is 0 Å². The molecule has 1 aliphatic heterocycles. The van der Waals surface area contributed by atoms with Crippen LogP contribution in [-0.4, -0.2) is 70.4 Å². The molecule has 0 bridgehead atoms. The van der Waals surface area contributed by atoms with Crippen molar-refractivity contribution in [1.82, 2.24) is 9.80 Å². The van der Waals surface area contributed by atoms with Crippen molar-refractivity contribution in [2.75, 3.05) is 45.1 Å². The molecule has 0 saturated carbocycles. The van der Waals surface area contributed by atoms with Gasteiger partial charge in [-0.1, -0.05) is 6.07 Å². The summed E-state index contributed by atoms with van der Waals surface area (Å²) in [6, 6.07) is 8.77. The Balaban J connectivity index is 1.68. The number of hydrogen-bond acceptors (Lipinski definition) is 6. The first-order valence-electron chi connectivity index (χ1n) is 9.35. The highest BCUT2D eigenvalue weighted by atomic mass is 32.2. The van der Waals surface area contributed by atoms with Gasteiger partial charge in [0.2, 0.25) is 10.9 Å². The number of anilines is 1. The van der Waals surface area contributed by atoms with Gasteiger partial charge in [-0.15, -0.1) is 0 Å². The van der Waals surface area contributed by atoms with Gasteiger partial charge in [-0.2, -0.15) is 0 Å². The van der Waals surface area contributed by atoms with Gasteiger partial charge in [0.15, 0.2) is 11.6 Å². The first kappa shape index (κ1) is 22.3. The Morgan fingerprint density at radius 2 is 1.55 bits per heavy atom. The Morgan fingerprint density at radius 1 is 0.935 bits per heavy atom. The molecule has 1 N–H and O–H groups in total. The molecule has 1 heterocycles. The second-order valence-corrected chi connectivity index (χ2v) is 7.43. The molecule has 11 heteroatoms. The van der Waals surface area contributed by atoms with Crippen LogP contribution in [0.4, 0.5) is 10.1 Å². The van der Waals surface area contributed by atoms with Gasteiger partial charge in [0.05, 0.1) is 25.5 Å². The first-order chi connectivity index (χ1) is 14.8. The summed E-state index contributed by atoms with van der Waals surface area (Å²) in [6.07, 6.45) is 0. The van der Waals surface area contributed by atoms with Gasteiger partial charge < -0.3 is 19.3 Å². The Labute approximate surface area is 180 Å². The molecule has 166 valence electrons. The third-order valence-corrected chi connectivity index (χ3v) is 5.35. The molecular formula is C20H22FN3O6S. The molecule has 2 aromatic carbocycles. The van der Waals surface area contributed by atoms with Crippen molar-refractivity contribution in [2.45, 2.75) is 0 Å². The second kappa shape index (κ2) is 9.65. The monoisotopic (exact) mass is 451 g/mol. The summed E-state index contributed by atoms with van der Waals surface area (Å²) >= 11 is 0. The van der Waals surface area contributed by atoms with Crippen LogP contribution in [-0.2, 0) is 10.9 Å². The van der Waals surface area contributed by atoms with Crippen molar-refractivity contribution < 1.29 is 31.9 Å². The lowest BCUT2D eigenvalue weighted by atomic mass is 10.1. The van der Waals surface area contributed by atoms with E-state index >= 15 is 0 Å². The molecule has 31 heavy (non-hydrogen) atoms. The minimum Gasteiger partial charge on any atom is -0.495 e. The summed E-state index contributed by atoms with van der Waals surface area (Å²) in [5.74, 6) is -1.25. The summed E-state index contributed by atoms with van der Waals surface area (Å²) in [7, 11) is -0.171. The minimum atomic E-state index is -2.87. The van der Waals surface area contributed by atoms with E-state index in [1.807, 2.05) is 0 Å². The second-order valence-electron chi connectivity index (χ2n) is 6.69. The number of carbonyl (C=O) groups is 2. The van der Waals surface area contributed by atoms with Crippen LogP contribution < -0.4 is 14.2 Å². The maximum atomic E-state index is 14.4. The Hall–Kier alpha value is -3.34. The van der Waals surface area contributed by atoms with Gasteiger partial charge in [0.1, 0.15) is 5.75 Å². The van der Waals surface area contributed by atoms with Crippen molar-refractivity contribution in [3.8, 4) is 11.5 Å². The van der Waals surface area contributed by atoms with E-state index in [1.54, 1.807) is 11.0 Å². The molecule has 0 aromatic heterocycles. The van der Waals surface area contributed by atoms with E-state index in [4.69, 9.17) is 9.47 Å². The highest BCUT2D eigenvalue weighted by molar-refractivity contribution is 7.73. The minimum absolute atomic E-state index is 0.00642. The van der Waals surface area contributed by atoms with Crippen molar-refractivity contribution in [3.63, 3.8) is 0 Å². The van der Waals surface area contributed by atoms with E-state index in [2.05, 4.69) is 4.72 Å². The van der Waals surface area contributed by atoms with Crippen LogP contribution in [0.1, 0.15) is 20.7 Å². The van der Waals surface area contributed by atoms with Gasteiger partial charge in [-0.05, 0) is 30.3 Å². The number of piperazine rings is 1. The Kier molecular flexibility index (Phi) is 6.95. The summed E-state index contributed by atoms with van der Waals surface area (Å²) in [6.45, 7) is 1.03. The molecule has 0 radical (unpaired) electrons. The third kappa shape index (κ3) is 4.88. The van der Waals surface area contributed by atoms with Crippen molar-refractivity contribution in [1.29, 1.82) is 0 Å². The topological polar surface area (TPSA) is 105 Å². The number of methoxy groups -OCH3 is 2. The van der Waals surface area contributed by atoms with E-state index in [1.165, 1.54) is 49.5 Å². The summed E-state index contributed by atoms with van der Waals surface area (Å²) in [5, 5.41) is 0. The zero-order chi connectivity index (χ0) is 22.5. The molecule has 0 aliphatic carbocycles. The highest BCUT2D eigenvalue weighted by Gasteiger charge is 2.28. The maximum Gasteiger partial charge on any atom is 0.257 e. The fourth-order valence-corrected chi connectivity index (χ4v) is 3.70. The molecule has 0 unspecified atom stereocenters. The van der Waals surface area contributed by atoms with E-state index in [0.29, 0.717) is 5.56 Å². The molecule has 1 saturated heterocycles. The van der Waals surface area contributed by atoms with Crippen LogP contribution in [0.25, 0.3) is 0 Å². The zero-order valence-electron chi connectivity index (χ0n) is 17.0. The number of nitrogens with zero attached hydrogens (tertiary/aromatic N) is 2. The summed E-state index contributed by atoms with van der Waals surface area (Å²) in [5.41, 5.74) is 0.469. The Morgan fingerprint density at radius 3 is 2.13 bits per heavy atom. The van der Waals surface area contributed by atoms with Gasteiger partial charge in [-0.25, -0.2) is 12.8 Å². The average Bonchev–Trinajstić information content (AvgIpc) is 2.78. The number of halogens is 1. The van der Waals surface area contributed by atoms with E-state index in [-0.39, 0.29) is 54.8 Å².